The van der Waals surface area contributed by atoms with Crippen LogP contribution in [0.15, 0.2) is 78.0 Å². The molecular weight excluding hydrogens is 402 g/mol. The summed E-state index contributed by atoms with van der Waals surface area (Å²) in [5.74, 6) is -0.0839. The fourth-order valence-corrected chi connectivity index (χ4v) is 4.20. The molecule has 0 bridgehead atoms. The molecule has 0 aliphatic rings. The average molecular weight is 426 g/mol. The molecule has 1 aromatic heterocycles. The van der Waals surface area contributed by atoms with E-state index in [1.165, 1.54) is 37.7 Å². The Morgan fingerprint density at radius 1 is 1.00 bits per heavy atom. The van der Waals surface area contributed by atoms with Crippen LogP contribution in [0, 0.1) is 0 Å². The van der Waals surface area contributed by atoms with E-state index in [-0.39, 0.29) is 16.1 Å². The van der Waals surface area contributed by atoms with Crippen molar-refractivity contribution in [1.29, 1.82) is 0 Å². The van der Waals surface area contributed by atoms with Crippen LogP contribution < -0.4 is 14.8 Å². The summed E-state index contributed by atoms with van der Waals surface area (Å²) >= 11 is 0. The van der Waals surface area contributed by atoms with Gasteiger partial charge in [0, 0.05) is 6.07 Å². The first-order valence-electron chi connectivity index (χ1n) is 9.22. The summed E-state index contributed by atoms with van der Waals surface area (Å²) in [6.07, 6.45) is 2.83. The van der Waals surface area contributed by atoms with Crippen LogP contribution in [0.5, 0.6) is 5.75 Å². The molecule has 0 saturated carbocycles. The molecule has 1 heterocycles. The number of carbonyl (C=O) groups is 1. The first-order valence-corrected chi connectivity index (χ1v) is 10.7. The largest absolute Gasteiger partial charge is 0.495 e. The number of aromatic nitrogens is 1. The minimum absolute atomic E-state index is 0.0462. The second kappa shape index (κ2) is 8.54. The lowest BCUT2D eigenvalue weighted by atomic mass is 9.94. The normalized spacial score (nSPS) is 11.6. The van der Waals surface area contributed by atoms with Gasteiger partial charge in [0.15, 0.2) is 0 Å². The van der Waals surface area contributed by atoms with Gasteiger partial charge in [0.05, 0.1) is 36.3 Å². The van der Waals surface area contributed by atoms with Gasteiger partial charge in [0.2, 0.25) is 0 Å². The quantitative estimate of drug-likeness (QED) is 0.603. The molecule has 0 saturated heterocycles. The molecule has 0 atom stereocenters. The zero-order valence-corrected chi connectivity index (χ0v) is 17.7. The molecule has 0 spiro atoms. The number of hydrogen-bond acceptors (Lipinski definition) is 5. The van der Waals surface area contributed by atoms with Crippen LogP contribution in [-0.4, -0.2) is 26.4 Å². The molecule has 3 aromatic rings. The van der Waals surface area contributed by atoms with Gasteiger partial charge in [-0.15, -0.1) is 0 Å². The molecule has 0 aliphatic carbocycles. The van der Waals surface area contributed by atoms with Crippen LogP contribution in [0.25, 0.3) is 0 Å². The number of amides is 1. The lowest BCUT2D eigenvalue weighted by Crippen LogP contribution is -2.41. The van der Waals surface area contributed by atoms with E-state index in [2.05, 4.69) is 15.0 Å². The number of ether oxygens (including phenoxy) is 1. The standard InChI is InChI=1S/C22H23N3O4S/c1-22(2,16-9-5-4-6-10-16)24-21(26)19-11-7-8-12-20(19)30(27,28)25-17-13-18(29-3)15-23-14-17/h4-15,25H,1-3H3,(H,24,26). The Morgan fingerprint density at radius 3 is 2.37 bits per heavy atom. The molecular formula is C22H23N3O4S. The zero-order valence-electron chi connectivity index (χ0n) is 16.9. The van der Waals surface area contributed by atoms with E-state index in [1.54, 1.807) is 12.1 Å². The maximum absolute atomic E-state index is 13.0. The molecule has 8 heteroatoms. The predicted molar refractivity (Wildman–Crippen MR) is 115 cm³/mol. The number of anilines is 1. The molecule has 0 fully saturated rings. The Bertz CT molecular complexity index is 1150. The van der Waals surface area contributed by atoms with E-state index in [0.717, 1.165) is 5.56 Å². The fourth-order valence-electron chi connectivity index (χ4n) is 2.96. The number of rotatable bonds is 7. The third-order valence-electron chi connectivity index (χ3n) is 4.54. The number of hydrogen-bond donors (Lipinski definition) is 2. The molecule has 156 valence electrons. The second-order valence-corrected chi connectivity index (χ2v) is 8.81. The van der Waals surface area contributed by atoms with Crippen LogP contribution in [-0.2, 0) is 15.6 Å². The Kier molecular flexibility index (Phi) is 6.07. The Hall–Kier alpha value is -3.39. The number of methoxy groups -OCH3 is 1. The van der Waals surface area contributed by atoms with Crippen LogP contribution in [0.1, 0.15) is 29.8 Å². The zero-order chi connectivity index (χ0) is 21.8. The van der Waals surface area contributed by atoms with E-state index in [4.69, 9.17) is 4.74 Å². The first-order chi connectivity index (χ1) is 14.2. The topological polar surface area (TPSA) is 97.4 Å². The van der Waals surface area contributed by atoms with Crippen molar-refractivity contribution in [3.63, 3.8) is 0 Å². The lowest BCUT2D eigenvalue weighted by molar-refractivity contribution is 0.0908. The fraction of sp³-hybridized carbons (Fsp3) is 0.182. The second-order valence-electron chi connectivity index (χ2n) is 7.16. The summed E-state index contributed by atoms with van der Waals surface area (Å²) in [6.45, 7) is 3.72. The summed E-state index contributed by atoms with van der Waals surface area (Å²) in [7, 11) is -2.58. The van der Waals surface area contributed by atoms with Crippen molar-refractivity contribution in [1.82, 2.24) is 10.3 Å². The molecule has 7 nitrogen and oxygen atoms in total. The van der Waals surface area contributed by atoms with Crippen molar-refractivity contribution in [3.8, 4) is 5.75 Å². The highest BCUT2D eigenvalue weighted by molar-refractivity contribution is 7.92. The van der Waals surface area contributed by atoms with Crippen molar-refractivity contribution >= 4 is 21.6 Å². The Morgan fingerprint density at radius 2 is 1.67 bits per heavy atom. The SMILES string of the molecule is COc1cncc(NS(=O)(=O)c2ccccc2C(=O)NC(C)(C)c2ccccc2)c1. The van der Waals surface area contributed by atoms with E-state index >= 15 is 0 Å². The van der Waals surface area contributed by atoms with Crippen molar-refractivity contribution in [2.24, 2.45) is 0 Å². The van der Waals surface area contributed by atoms with Crippen molar-refractivity contribution in [2.45, 2.75) is 24.3 Å². The maximum atomic E-state index is 13.0. The van der Waals surface area contributed by atoms with Crippen LogP contribution in [0.4, 0.5) is 5.69 Å². The van der Waals surface area contributed by atoms with Gasteiger partial charge in [0.25, 0.3) is 15.9 Å². The third kappa shape index (κ3) is 4.77. The molecule has 0 radical (unpaired) electrons. The van der Waals surface area contributed by atoms with Crippen molar-refractivity contribution in [2.75, 3.05) is 11.8 Å². The number of sulfonamides is 1. The molecule has 0 unspecified atom stereocenters. The Labute approximate surface area is 176 Å². The van der Waals surface area contributed by atoms with E-state index in [1.807, 2.05) is 44.2 Å². The molecule has 30 heavy (non-hydrogen) atoms. The van der Waals surface area contributed by atoms with Crippen molar-refractivity contribution in [3.05, 3.63) is 84.2 Å². The Balaban J connectivity index is 1.90. The first kappa shape index (κ1) is 21.3. The molecule has 2 aromatic carbocycles. The summed E-state index contributed by atoms with van der Waals surface area (Å²) in [4.78, 5) is 16.8. The third-order valence-corrected chi connectivity index (χ3v) is 5.98. The summed E-state index contributed by atoms with van der Waals surface area (Å²) < 4.78 is 33.5. The van der Waals surface area contributed by atoms with Gasteiger partial charge in [-0.05, 0) is 31.5 Å². The van der Waals surface area contributed by atoms with Gasteiger partial charge in [-0.25, -0.2) is 8.42 Å². The van der Waals surface area contributed by atoms with Crippen molar-refractivity contribution < 1.29 is 17.9 Å². The summed E-state index contributed by atoms with van der Waals surface area (Å²) in [5, 5.41) is 2.92. The van der Waals surface area contributed by atoms with E-state index in [9.17, 15) is 13.2 Å². The van der Waals surface area contributed by atoms with Gasteiger partial charge in [0.1, 0.15) is 10.6 Å². The summed E-state index contributed by atoms with van der Waals surface area (Å²) in [5.41, 5.74) is 0.484. The highest BCUT2D eigenvalue weighted by atomic mass is 32.2. The maximum Gasteiger partial charge on any atom is 0.262 e. The monoisotopic (exact) mass is 425 g/mol. The molecule has 2 N–H and O–H groups in total. The number of pyridine rings is 1. The lowest BCUT2D eigenvalue weighted by Gasteiger charge is -2.27. The molecule has 1 amide bonds. The van der Waals surface area contributed by atoms with E-state index in [0.29, 0.717) is 5.75 Å². The van der Waals surface area contributed by atoms with Gasteiger partial charge >= 0.3 is 0 Å². The number of nitrogens with zero attached hydrogens (tertiary/aromatic N) is 1. The highest BCUT2D eigenvalue weighted by Crippen LogP contribution is 2.24. The van der Waals surface area contributed by atoms with Crippen LogP contribution >= 0.6 is 0 Å². The van der Waals surface area contributed by atoms with Gasteiger partial charge in [-0.2, -0.15) is 0 Å². The highest BCUT2D eigenvalue weighted by Gasteiger charge is 2.27. The number of benzene rings is 2. The smallest absolute Gasteiger partial charge is 0.262 e. The van der Waals surface area contributed by atoms with E-state index < -0.39 is 21.5 Å². The summed E-state index contributed by atoms with van der Waals surface area (Å²) in [6, 6.07) is 17.0. The van der Waals surface area contributed by atoms with Crippen LogP contribution in [0.3, 0.4) is 0 Å². The van der Waals surface area contributed by atoms with Gasteiger partial charge in [-0.3, -0.25) is 14.5 Å². The molecule has 3 rings (SSSR count). The van der Waals surface area contributed by atoms with Gasteiger partial charge < -0.3 is 10.1 Å². The minimum atomic E-state index is -4.04. The average Bonchev–Trinajstić information content (AvgIpc) is 2.74. The number of carbonyl (C=O) groups excluding carboxylic acids is 1. The van der Waals surface area contributed by atoms with Gasteiger partial charge in [-0.1, -0.05) is 42.5 Å². The number of nitrogens with one attached hydrogen (secondary N) is 2. The van der Waals surface area contributed by atoms with Crippen LogP contribution in [0.2, 0.25) is 0 Å². The predicted octanol–water partition coefficient (Wildman–Crippen LogP) is 3.56. The minimum Gasteiger partial charge on any atom is -0.495 e. The molecule has 0 aliphatic heterocycles.